The lowest BCUT2D eigenvalue weighted by Gasteiger charge is -2.32. The van der Waals surface area contributed by atoms with Gasteiger partial charge < -0.3 is 5.32 Å². The summed E-state index contributed by atoms with van der Waals surface area (Å²) in [5, 5.41) is 3.53. The minimum absolute atomic E-state index is 0.179. The fourth-order valence-electron chi connectivity index (χ4n) is 2.65. The average molecular weight is 233 g/mol. The molecule has 2 heteroatoms. The molecule has 1 saturated carbocycles. The quantitative estimate of drug-likeness (QED) is 0.761. The van der Waals surface area contributed by atoms with Gasteiger partial charge in [-0.05, 0) is 49.4 Å². The highest BCUT2D eigenvalue weighted by Crippen LogP contribution is 2.29. The zero-order valence-electron chi connectivity index (χ0n) is 10.2. The van der Waals surface area contributed by atoms with Crippen molar-refractivity contribution in [2.75, 3.05) is 5.32 Å². The monoisotopic (exact) mass is 233 g/mol. The molecule has 1 aliphatic carbocycles. The van der Waals surface area contributed by atoms with Gasteiger partial charge in [-0.2, -0.15) is 0 Å². The summed E-state index contributed by atoms with van der Waals surface area (Å²) in [7, 11) is 0. The number of hydrogen-bond donors (Lipinski definition) is 1. The van der Waals surface area contributed by atoms with E-state index >= 15 is 0 Å². The van der Waals surface area contributed by atoms with Crippen LogP contribution in [0.3, 0.4) is 0 Å². The number of allylic oxidation sites excluding steroid dienone is 1. The van der Waals surface area contributed by atoms with Gasteiger partial charge in [0.1, 0.15) is 5.82 Å². The third kappa shape index (κ3) is 3.32. The van der Waals surface area contributed by atoms with Gasteiger partial charge in [0.2, 0.25) is 0 Å². The van der Waals surface area contributed by atoms with E-state index in [1.54, 1.807) is 0 Å². The van der Waals surface area contributed by atoms with E-state index in [4.69, 9.17) is 0 Å². The van der Waals surface area contributed by atoms with Crippen molar-refractivity contribution >= 4 is 5.69 Å². The Morgan fingerprint density at radius 1 is 1.24 bits per heavy atom. The second-order valence-electron chi connectivity index (χ2n) is 4.83. The minimum atomic E-state index is -0.179. The summed E-state index contributed by atoms with van der Waals surface area (Å²) in [6.45, 7) is 3.83. The largest absolute Gasteiger partial charge is 0.382 e. The first-order valence-electron chi connectivity index (χ1n) is 6.42. The van der Waals surface area contributed by atoms with Crippen LogP contribution < -0.4 is 5.32 Å². The van der Waals surface area contributed by atoms with Crippen LogP contribution in [0.15, 0.2) is 36.9 Å². The Morgan fingerprint density at radius 3 is 2.65 bits per heavy atom. The molecule has 0 saturated heterocycles. The van der Waals surface area contributed by atoms with Crippen molar-refractivity contribution in [3.8, 4) is 0 Å². The summed E-state index contributed by atoms with van der Waals surface area (Å²) in [6.07, 6.45) is 8.15. The van der Waals surface area contributed by atoms with Crippen molar-refractivity contribution < 1.29 is 4.39 Å². The lowest BCUT2D eigenvalue weighted by molar-refractivity contribution is 0.328. The molecule has 2 rings (SSSR count). The molecule has 0 heterocycles. The summed E-state index contributed by atoms with van der Waals surface area (Å²) < 4.78 is 12.8. The summed E-state index contributed by atoms with van der Waals surface area (Å²) in [5.41, 5.74) is 1.02. The molecule has 0 spiro atoms. The van der Waals surface area contributed by atoms with E-state index in [9.17, 15) is 4.39 Å². The van der Waals surface area contributed by atoms with Gasteiger partial charge >= 0.3 is 0 Å². The van der Waals surface area contributed by atoms with Gasteiger partial charge in [-0.1, -0.05) is 18.9 Å². The molecule has 1 fully saturated rings. The van der Waals surface area contributed by atoms with Crippen LogP contribution in [-0.4, -0.2) is 6.04 Å². The van der Waals surface area contributed by atoms with Gasteiger partial charge in [-0.3, -0.25) is 0 Å². The molecule has 0 unspecified atom stereocenters. The van der Waals surface area contributed by atoms with Crippen LogP contribution in [-0.2, 0) is 0 Å². The molecule has 1 aromatic carbocycles. The van der Waals surface area contributed by atoms with Crippen LogP contribution in [0, 0.1) is 11.7 Å². The molecule has 2 atom stereocenters. The van der Waals surface area contributed by atoms with E-state index in [2.05, 4.69) is 11.9 Å². The standard InChI is InChI=1S/C15H20FN/c1-2-5-12-6-3-4-7-15(12)17-14-10-8-13(16)9-11-14/h2,8-12,15,17H,1,3-7H2/t12-,15+/m0/s1. The van der Waals surface area contributed by atoms with Crippen molar-refractivity contribution in [3.05, 3.63) is 42.7 Å². The van der Waals surface area contributed by atoms with Crippen LogP contribution in [0.1, 0.15) is 32.1 Å². The van der Waals surface area contributed by atoms with E-state index in [1.165, 1.54) is 37.8 Å². The van der Waals surface area contributed by atoms with Crippen LogP contribution in [0.5, 0.6) is 0 Å². The molecule has 0 amide bonds. The van der Waals surface area contributed by atoms with Crippen LogP contribution in [0.2, 0.25) is 0 Å². The third-order valence-corrected chi connectivity index (χ3v) is 3.57. The lowest BCUT2D eigenvalue weighted by atomic mass is 9.82. The van der Waals surface area contributed by atoms with Crippen LogP contribution in [0.25, 0.3) is 0 Å². The second kappa shape index (κ2) is 5.85. The number of anilines is 1. The van der Waals surface area contributed by atoms with Crippen molar-refractivity contribution in [1.29, 1.82) is 0 Å². The first kappa shape index (κ1) is 12.2. The Bertz CT molecular complexity index is 358. The van der Waals surface area contributed by atoms with E-state index in [0.29, 0.717) is 12.0 Å². The Kier molecular flexibility index (Phi) is 4.18. The van der Waals surface area contributed by atoms with Gasteiger partial charge in [0, 0.05) is 11.7 Å². The molecule has 1 aliphatic rings. The molecule has 92 valence electrons. The maximum Gasteiger partial charge on any atom is 0.123 e. The minimum Gasteiger partial charge on any atom is -0.382 e. The van der Waals surface area contributed by atoms with Gasteiger partial charge in [0.15, 0.2) is 0 Å². The van der Waals surface area contributed by atoms with E-state index in [1.807, 2.05) is 18.2 Å². The maximum atomic E-state index is 12.8. The van der Waals surface area contributed by atoms with E-state index < -0.39 is 0 Å². The van der Waals surface area contributed by atoms with Gasteiger partial charge in [0.05, 0.1) is 0 Å². The molecular weight excluding hydrogens is 213 g/mol. The number of nitrogens with one attached hydrogen (secondary N) is 1. The van der Waals surface area contributed by atoms with Gasteiger partial charge in [-0.25, -0.2) is 4.39 Å². The molecule has 17 heavy (non-hydrogen) atoms. The molecule has 0 bridgehead atoms. The summed E-state index contributed by atoms with van der Waals surface area (Å²) >= 11 is 0. The first-order chi connectivity index (χ1) is 8.29. The summed E-state index contributed by atoms with van der Waals surface area (Å²) in [6, 6.07) is 7.15. The fourth-order valence-corrected chi connectivity index (χ4v) is 2.65. The number of rotatable bonds is 4. The third-order valence-electron chi connectivity index (χ3n) is 3.57. The van der Waals surface area contributed by atoms with Crippen molar-refractivity contribution in [3.63, 3.8) is 0 Å². The zero-order chi connectivity index (χ0) is 12.1. The second-order valence-corrected chi connectivity index (χ2v) is 4.83. The smallest absolute Gasteiger partial charge is 0.123 e. The predicted octanol–water partition coefficient (Wildman–Crippen LogP) is 4.37. The first-order valence-corrected chi connectivity index (χ1v) is 6.42. The maximum absolute atomic E-state index is 12.8. The molecule has 0 radical (unpaired) electrons. The zero-order valence-corrected chi connectivity index (χ0v) is 10.2. The molecule has 0 aromatic heterocycles. The SMILES string of the molecule is C=CC[C@H]1CCCC[C@H]1Nc1ccc(F)cc1. The topological polar surface area (TPSA) is 12.0 Å². The van der Waals surface area contributed by atoms with Crippen molar-refractivity contribution in [1.82, 2.24) is 0 Å². The fraction of sp³-hybridized carbons (Fsp3) is 0.467. The van der Waals surface area contributed by atoms with Crippen LogP contribution in [0.4, 0.5) is 10.1 Å². The summed E-state index contributed by atoms with van der Waals surface area (Å²) in [5.74, 6) is 0.494. The number of hydrogen-bond acceptors (Lipinski definition) is 1. The lowest BCUT2D eigenvalue weighted by Crippen LogP contribution is -2.31. The Balaban J connectivity index is 1.99. The number of halogens is 1. The van der Waals surface area contributed by atoms with E-state index in [-0.39, 0.29) is 5.82 Å². The Hall–Kier alpha value is -1.31. The van der Waals surface area contributed by atoms with Gasteiger partial charge in [0.25, 0.3) is 0 Å². The Morgan fingerprint density at radius 2 is 1.94 bits per heavy atom. The Labute approximate surface area is 103 Å². The van der Waals surface area contributed by atoms with E-state index in [0.717, 1.165) is 12.1 Å². The average Bonchev–Trinajstić information content (AvgIpc) is 2.35. The molecule has 1 aromatic rings. The normalized spacial score (nSPS) is 24.3. The number of benzene rings is 1. The van der Waals surface area contributed by atoms with Crippen LogP contribution >= 0.6 is 0 Å². The highest BCUT2D eigenvalue weighted by molar-refractivity contribution is 5.44. The molecular formula is C15H20FN. The predicted molar refractivity (Wildman–Crippen MR) is 70.6 cm³/mol. The van der Waals surface area contributed by atoms with Crippen molar-refractivity contribution in [2.45, 2.75) is 38.1 Å². The highest BCUT2D eigenvalue weighted by Gasteiger charge is 2.23. The molecule has 0 aliphatic heterocycles. The molecule has 1 N–H and O–H groups in total. The van der Waals surface area contributed by atoms with Gasteiger partial charge in [-0.15, -0.1) is 6.58 Å². The van der Waals surface area contributed by atoms with Crippen molar-refractivity contribution in [2.24, 2.45) is 5.92 Å². The molecule has 1 nitrogen and oxygen atoms in total. The summed E-state index contributed by atoms with van der Waals surface area (Å²) in [4.78, 5) is 0. The highest BCUT2D eigenvalue weighted by atomic mass is 19.1.